The van der Waals surface area contributed by atoms with Crippen molar-refractivity contribution < 1.29 is 13.2 Å². The molecule has 2 aliphatic heterocycles. The van der Waals surface area contributed by atoms with E-state index in [-0.39, 0.29) is 29.5 Å². The van der Waals surface area contributed by atoms with Crippen LogP contribution in [-0.4, -0.2) is 60.5 Å². The zero-order valence-electron chi connectivity index (χ0n) is 16.4. The predicted octanol–water partition coefficient (Wildman–Crippen LogP) is 2.09. The molecule has 0 aliphatic carbocycles. The first kappa shape index (κ1) is 19.2. The number of nitrogens with one attached hydrogen (secondary N) is 1. The molecule has 3 heterocycles. The van der Waals surface area contributed by atoms with Crippen molar-refractivity contribution in [1.29, 1.82) is 0 Å². The monoisotopic (exact) mass is 401 g/mol. The van der Waals surface area contributed by atoms with Crippen molar-refractivity contribution in [3.63, 3.8) is 0 Å². The third-order valence-electron chi connectivity index (χ3n) is 5.94. The average Bonchev–Trinajstić information content (AvgIpc) is 3.34. The van der Waals surface area contributed by atoms with Gasteiger partial charge >= 0.3 is 0 Å². The van der Waals surface area contributed by atoms with Gasteiger partial charge in [-0.3, -0.25) is 9.69 Å². The molecule has 7 heteroatoms. The van der Waals surface area contributed by atoms with Crippen LogP contribution in [0.5, 0.6) is 0 Å². The van der Waals surface area contributed by atoms with E-state index in [1.807, 2.05) is 50.2 Å². The minimum Gasteiger partial charge on any atom is -0.347 e. The van der Waals surface area contributed by atoms with Crippen LogP contribution in [0.25, 0.3) is 5.69 Å². The van der Waals surface area contributed by atoms with Gasteiger partial charge in [0.2, 0.25) is 0 Å². The number of aryl methyl sites for hydroxylation is 1. The number of nitrogens with zero attached hydrogens (tertiary/aromatic N) is 2. The molecule has 0 radical (unpaired) electrons. The molecule has 2 aromatic rings. The van der Waals surface area contributed by atoms with Crippen molar-refractivity contribution in [3.05, 3.63) is 53.3 Å². The lowest BCUT2D eigenvalue weighted by molar-refractivity contribution is 0.0918. The maximum absolute atomic E-state index is 13.1. The fourth-order valence-electron chi connectivity index (χ4n) is 4.61. The summed E-state index contributed by atoms with van der Waals surface area (Å²) in [6, 6.07) is 11.3. The molecule has 2 saturated heterocycles. The Bertz CT molecular complexity index is 976. The second-order valence-electron chi connectivity index (χ2n) is 7.92. The van der Waals surface area contributed by atoms with E-state index in [1.165, 1.54) is 0 Å². The molecule has 2 aliphatic rings. The van der Waals surface area contributed by atoms with E-state index in [2.05, 4.69) is 14.8 Å². The number of amides is 1. The summed E-state index contributed by atoms with van der Waals surface area (Å²) in [5.41, 5.74) is 3.45. The van der Waals surface area contributed by atoms with Crippen molar-refractivity contribution in [1.82, 2.24) is 14.8 Å². The third kappa shape index (κ3) is 3.61. The van der Waals surface area contributed by atoms with Crippen molar-refractivity contribution in [2.75, 3.05) is 24.6 Å². The van der Waals surface area contributed by atoms with Crippen molar-refractivity contribution >= 4 is 15.7 Å². The number of para-hydroxylation sites is 1. The topological polar surface area (TPSA) is 71.4 Å². The largest absolute Gasteiger partial charge is 0.347 e. The maximum atomic E-state index is 13.1. The maximum Gasteiger partial charge on any atom is 0.253 e. The quantitative estimate of drug-likeness (QED) is 0.852. The van der Waals surface area contributed by atoms with Gasteiger partial charge in [-0.1, -0.05) is 18.2 Å². The van der Waals surface area contributed by atoms with Gasteiger partial charge in [0.15, 0.2) is 9.84 Å². The molecule has 0 spiro atoms. The Kier molecular flexibility index (Phi) is 5.05. The van der Waals surface area contributed by atoms with Gasteiger partial charge in [0, 0.05) is 23.1 Å². The predicted molar refractivity (Wildman–Crippen MR) is 110 cm³/mol. The highest BCUT2D eigenvalue weighted by molar-refractivity contribution is 7.91. The van der Waals surface area contributed by atoms with Crippen LogP contribution in [0.3, 0.4) is 0 Å². The molecular weight excluding hydrogens is 374 g/mol. The zero-order valence-corrected chi connectivity index (χ0v) is 17.2. The SMILES string of the molecule is Cc1cc(C(=O)NC2CS(=O)(=O)CC2N2CCCC2)c(C)n1-c1ccccc1. The van der Waals surface area contributed by atoms with Crippen LogP contribution >= 0.6 is 0 Å². The molecule has 1 aromatic heterocycles. The smallest absolute Gasteiger partial charge is 0.253 e. The van der Waals surface area contributed by atoms with Crippen LogP contribution in [0, 0.1) is 13.8 Å². The van der Waals surface area contributed by atoms with E-state index in [0.29, 0.717) is 5.56 Å². The lowest BCUT2D eigenvalue weighted by atomic mass is 10.1. The Labute approximate surface area is 166 Å². The molecule has 2 atom stereocenters. The Morgan fingerprint density at radius 3 is 2.43 bits per heavy atom. The minimum atomic E-state index is -3.13. The molecule has 1 N–H and O–H groups in total. The summed E-state index contributed by atoms with van der Waals surface area (Å²) in [5, 5.41) is 3.04. The summed E-state index contributed by atoms with van der Waals surface area (Å²) in [7, 11) is -3.13. The van der Waals surface area contributed by atoms with Gasteiger partial charge in [-0.05, 0) is 58.0 Å². The highest BCUT2D eigenvalue weighted by Crippen LogP contribution is 2.24. The molecular formula is C21H27N3O3S. The Hall–Kier alpha value is -2.12. The minimum absolute atomic E-state index is 0.0251. The third-order valence-corrected chi connectivity index (χ3v) is 7.66. The van der Waals surface area contributed by atoms with Crippen LogP contribution < -0.4 is 5.32 Å². The summed E-state index contributed by atoms with van der Waals surface area (Å²) in [6.07, 6.45) is 2.19. The summed E-state index contributed by atoms with van der Waals surface area (Å²) >= 11 is 0. The number of carbonyl (C=O) groups excluding carboxylic acids is 1. The Balaban J connectivity index is 1.58. The number of carbonyl (C=O) groups is 1. The molecule has 2 fully saturated rings. The van der Waals surface area contributed by atoms with E-state index in [0.717, 1.165) is 43.0 Å². The molecule has 0 bridgehead atoms. The number of hydrogen-bond donors (Lipinski definition) is 1. The normalized spacial score (nSPS) is 24.5. The van der Waals surface area contributed by atoms with Gasteiger partial charge in [-0.15, -0.1) is 0 Å². The molecule has 6 nitrogen and oxygen atoms in total. The number of rotatable bonds is 4. The average molecular weight is 402 g/mol. The van der Waals surface area contributed by atoms with Gasteiger partial charge in [0.25, 0.3) is 5.91 Å². The second-order valence-corrected chi connectivity index (χ2v) is 10.1. The second kappa shape index (κ2) is 7.37. The summed E-state index contributed by atoms with van der Waals surface area (Å²) in [6.45, 7) is 5.73. The molecule has 0 saturated carbocycles. The fourth-order valence-corrected chi connectivity index (χ4v) is 6.57. The first-order valence-corrected chi connectivity index (χ1v) is 11.7. The molecule has 2 unspecified atom stereocenters. The number of likely N-dealkylation sites (tertiary alicyclic amines) is 1. The van der Waals surface area contributed by atoms with Crippen molar-refractivity contribution in [2.24, 2.45) is 0 Å². The number of benzene rings is 1. The van der Waals surface area contributed by atoms with Crippen LogP contribution in [0.1, 0.15) is 34.6 Å². The molecule has 150 valence electrons. The lowest BCUT2D eigenvalue weighted by Gasteiger charge is -2.28. The van der Waals surface area contributed by atoms with E-state index in [1.54, 1.807) is 0 Å². The zero-order chi connectivity index (χ0) is 19.9. The Morgan fingerprint density at radius 2 is 1.75 bits per heavy atom. The van der Waals surface area contributed by atoms with Gasteiger partial charge in [0.1, 0.15) is 0 Å². The first-order valence-electron chi connectivity index (χ1n) is 9.85. The molecule has 1 aromatic carbocycles. The fraction of sp³-hybridized carbons (Fsp3) is 0.476. The lowest BCUT2D eigenvalue weighted by Crippen LogP contribution is -2.50. The molecule has 28 heavy (non-hydrogen) atoms. The van der Waals surface area contributed by atoms with Gasteiger partial charge in [-0.25, -0.2) is 8.42 Å². The molecule has 1 amide bonds. The van der Waals surface area contributed by atoms with Gasteiger partial charge in [0.05, 0.1) is 23.1 Å². The van der Waals surface area contributed by atoms with Gasteiger partial charge < -0.3 is 9.88 Å². The standard InChI is InChI=1S/C21H27N3O3S/c1-15-12-18(16(2)24(15)17-8-4-3-5-9-17)21(25)22-19-13-28(26,27)14-20(19)23-10-6-7-11-23/h3-5,8-9,12,19-20H,6-7,10-11,13-14H2,1-2H3,(H,22,25). The van der Waals surface area contributed by atoms with Gasteiger partial charge in [-0.2, -0.15) is 0 Å². The van der Waals surface area contributed by atoms with Crippen LogP contribution in [-0.2, 0) is 9.84 Å². The number of sulfone groups is 1. The van der Waals surface area contributed by atoms with Crippen molar-refractivity contribution in [3.8, 4) is 5.69 Å². The van der Waals surface area contributed by atoms with Crippen LogP contribution in [0.4, 0.5) is 0 Å². The van der Waals surface area contributed by atoms with E-state index >= 15 is 0 Å². The first-order chi connectivity index (χ1) is 13.4. The van der Waals surface area contributed by atoms with Crippen molar-refractivity contribution in [2.45, 2.75) is 38.8 Å². The molecule has 4 rings (SSSR count). The summed E-state index contributed by atoms with van der Waals surface area (Å²) in [4.78, 5) is 15.3. The highest BCUT2D eigenvalue weighted by Gasteiger charge is 2.42. The highest BCUT2D eigenvalue weighted by atomic mass is 32.2. The Morgan fingerprint density at radius 1 is 1.07 bits per heavy atom. The number of hydrogen-bond acceptors (Lipinski definition) is 4. The van der Waals surface area contributed by atoms with E-state index in [9.17, 15) is 13.2 Å². The van der Waals surface area contributed by atoms with E-state index < -0.39 is 9.84 Å². The summed E-state index contributed by atoms with van der Waals surface area (Å²) in [5.74, 6) is -0.0280. The van der Waals surface area contributed by atoms with E-state index in [4.69, 9.17) is 0 Å². The van der Waals surface area contributed by atoms with Crippen LogP contribution in [0.2, 0.25) is 0 Å². The summed E-state index contributed by atoms with van der Waals surface area (Å²) < 4.78 is 26.6. The van der Waals surface area contributed by atoms with Crippen LogP contribution in [0.15, 0.2) is 36.4 Å². The number of aromatic nitrogens is 1.